The van der Waals surface area contributed by atoms with Gasteiger partial charge >= 0.3 is 0 Å². The topological polar surface area (TPSA) is 60.9 Å². The first-order chi connectivity index (χ1) is 13.2. The summed E-state index contributed by atoms with van der Waals surface area (Å²) >= 11 is 1.37. The number of rotatable bonds is 3. The zero-order valence-electron chi connectivity index (χ0n) is 14.2. The van der Waals surface area contributed by atoms with Gasteiger partial charge in [0.1, 0.15) is 10.8 Å². The standard InChI is InChI=1S/C19H13FN6S/c1-12-16(11-21-25(12)15-8-3-2-4-9-15)17-22-23-19-26(17)24-18(27-19)13-6-5-7-14(20)10-13/h2-11H,1H3. The summed E-state index contributed by atoms with van der Waals surface area (Å²) in [4.78, 5) is 0.649. The first-order valence-electron chi connectivity index (χ1n) is 8.29. The molecule has 0 bridgehead atoms. The number of nitrogens with zero attached hydrogens (tertiary/aromatic N) is 6. The van der Waals surface area contributed by atoms with E-state index in [-0.39, 0.29) is 5.82 Å². The van der Waals surface area contributed by atoms with Gasteiger partial charge in [0.25, 0.3) is 0 Å². The molecule has 0 atom stereocenters. The van der Waals surface area contributed by atoms with Crippen LogP contribution in [0.4, 0.5) is 4.39 Å². The maximum absolute atomic E-state index is 13.5. The van der Waals surface area contributed by atoms with Crippen LogP contribution in [0.5, 0.6) is 0 Å². The zero-order chi connectivity index (χ0) is 18.4. The molecule has 5 aromatic rings. The Morgan fingerprint density at radius 3 is 2.67 bits per heavy atom. The minimum atomic E-state index is -0.293. The number of benzene rings is 2. The smallest absolute Gasteiger partial charge is 0.235 e. The fraction of sp³-hybridized carbons (Fsp3) is 0.0526. The van der Waals surface area contributed by atoms with Gasteiger partial charge in [0.2, 0.25) is 4.96 Å². The van der Waals surface area contributed by atoms with Crippen molar-refractivity contribution < 1.29 is 4.39 Å². The Hall–Kier alpha value is -3.39. The summed E-state index contributed by atoms with van der Waals surface area (Å²) < 4.78 is 17.1. The Kier molecular flexibility index (Phi) is 3.58. The lowest BCUT2D eigenvalue weighted by molar-refractivity contribution is 0.628. The van der Waals surface area contributed by atoms with Crippen molar-refractivity contribution in [3.8, 4) is 27.6 Å². The van der Waals surface area contributed by atoms with Crippen molar-refractivity contribution >= 4 is 16.3 Å². The molecular formula is C19H13FN6S. The summed E-state index contributed by atoms with van der Waals surface area (Å²) in [6.07, 6.45) is 1.76. The van der Waals surface area contributed by atoms with Gasteiger partial charge in [-0.25, -0.2) is 9.07 Å². The van der Waals surface area contributed by atoms with Crippen molar-refractivity contribution in [1.82, 2.24) is 29.6 Å². The molecule has 0 saturated carbocycles. The summed E-state index contributed by atoms with van der Waals surface area (Å²) in [6, 6.07) is 16.3. The average molecular weight is 376 g/mol. The molecule has 0 saturated heterocycles. The van der Waals surface area contributed by atoms with Crippen molar-refractivity contribution in [3.05, 3.63) is 72.3 Å². The SMILES string of the molecule is Cc1c(-c2nnc3sc(-c4cccc(F)c4)nn23)cnn1-c1ccccc1. The largest absolute Gasteiger partial charge is 0.237 e. The van der Waals surface area contributed by atoms with Gasteiger partial charge in [-0.05, 0) is 31.2 Å². The summed E-state index contributed by atoms with van der Waals surface area (Å²) in [6.45, 7) is 1.98. The van der Waals surface area contributed by atoms with E-state index in [0.717, 1.165) is 16.9 Å². The van der Waals surface area contributed by atoms with E-state index in [4.69, 9.17) is 0 Å². The fourth-order valence-electron chi connectivity index (χ4n) is 2.98. The molecule has 8 heteroatoms. The van der Waals surface area contributed by atoms with Gasteiger partial charge < -0.3 is 0 Å². The second kappa shape index (κ2) is 6.10. The third kappa shape index (κ3) is 2.61. The van der Waals surface area contributed by atoms with E-state index >= 15 is 0 Å². The lowest BCUT2D eigenvalue weighted by atomic mass is 10.2. The molecule has 0 spiro atoms. The van der Waals surface area contributed by atoms with Gasteiger partial charge in [0.05, 0.1) is 23.1 Å². The molecule has 0 fully saturated rings. The third-order valence-corrected chi connectivity index (χ3v) is 5.26. The first-order valence-corrected chi connectivity index (χ1v) is 9.11. The number of hydrogen-bond donors (Lipinski definition) is 0. The van der Waals surface area contributed by atoms with Gasteiger partial charge in [-0.3, -0.25) is 0 Å². The van der Waals surface area contributed by atoms with Crippen LogP contribution in [0.1, 0.15) is 5.69 Å². The number of para-hydroxylation sites is 1. The maximum atomic E-state index is 13.5. The van der Waals surface area contributed by atoms with E-state index in [9.17, 15) is 4.39 Å². The Balaban J connectivity index is 1.61. The van der Waals surface area contributed by atoms with E-state index < -0.39 is 0 Å². The van der Waals surface area contributed by atoms with Crippen LogP contribution in [0, 0.1) is 12.7 Å². The van der Waals surface area contributed by atoms with Gasteiger partial charge in [-0.2, -0.15) is 14.7 Å². The molecule has 0 aliphatic carbocycles. The Morgan fingerprint density at radius 2 is 1.85 bits per heavy atom. The van der Waals surface area contributed by atoms with Crippen LogP contribution in [-0.4, -0.2) is 29.6 Å². The molecule has 5 rings (SSSR count). The lowest BCUT2D eigenvalue weighted by Crippen LogP contribution is -1.99. The second-order valence-electron chi connectivity index (χ2n) is 6.03. The van der Waals surface area contributed by atoms with Gasteiger partial charge in [0.15, 0.2) is 5.82 Å². The molecule has 6 nitrogen and oxygen atoms in total. The molecule has 0 amide bonds. The van der Waals surface area contributed by atoms with Crippen LogP contribution < -0.4 is 0 Å². The first kappa shape index (κ1) is 15.8. The molecular weight excluding hydrogens is 363 g/mol. The van der Waals surface area contributed by atoms with Gasteiger partial charge in [0, 0.05) is 5.56 Å². The Labute approximate surface area is 157 Å². The van der Waals surface area contributed by atoms with Gasteiger partial charge in [-0.15, -0.1) is 10.2 Å². The van der Waals surface area contributed by atoms with E-state index in [0.29, 0.717) is 21.4 Å². The molecule has 0 radical (unpaired) electrons. The number of aromatic nitrogens is 6. The van der Waals surface area contributed by atoms with Crippen molar-refractivity contribution in [2.24, 2.45) is 0 Å². The Morgan fingerprint density at radius 1 is 1.00 bits per heavy atom. The van der Waals surface area contributed by atoms with Crippen molar-refractivity contribution in [2.45, 2.75) is 6.92 Å². The van der Waals surface area contributed by atoms with Crippen LogP contribution in [0.25, 0.3) is 32.6 Å². The quantitative estimate of drug-likeness (QED) is 0.475. The summed E-state index contributed by atoms with van der Waals surface area (Å²) in [5.74, 6) is 0.322. The van der Waals surface area contributed by atoms with E-state index in [1.165, 1.54) is 23.5 Å². The summed E-state index contributed by atoms with van der Waals surface area (Å²) in [5.41, 5.74) is 3.48. The van der Waals surface area contributed by atoms with Crippen LogP contribution >= 0.6 is 11.3 Å². The number of hydrogen-bond acceptors (Lipinski definition) is 5. The fourth-order valence-corrected chi connectivity index (χ4v) is 3.82. The maximum Gasteiger partial charge on any atom is 0.235 e. The zero-order valence-corrected chi connectivity index (χ0v) is 15.1. The molecule has 0 N–H and O–H groups in total. The Bertz CT molecular complexity index is 1250. The van der Waals surface area contributed by atoms with Crippen LogP contribution in [-0.2, 0) is 0 Å². The summed E-state index contributed by atoms with van der Waals surface area (Å²) in [5, 5.41) is 18.3. The van der Waals surface area contributed by atoms with E-state index in [2.05, 4.69) is 20.4 Å². The molecule has 0 aliphatic rings. The highest BCUT2D eigenvalue weighted by molar-refractivity contribution is 7.19. The average Bonchev–Trinajstić information content (AvgIpc) is 3.37. The van der Waals surface area contributed by atoms with Crippen LogP contribution in [0.15, 0.2) is 60.8 Å². The summed E-state index contributed by atoms with van der Waals surface area (Å²) in [7, 11) is 0. The monoisotopic (exact) mass is 376 g/mol. The molecule has 132 valence electrons. The predicted octanol–water partition coefficient (Wildman–Crippen LogP) is 4.15. The van der Waals surface area contributed by atoms with E-state index in [1.807, 2.05) is 48.0 Å². The van der Waals surface area contributed by atoms with E-state index in [1.54, 1.807) is 16.8 Å². The molecule has 2 aromatic carbocycles. The van der Waals surface area contributed by atoms with Crippen LogP contribution in [0.3, 0.4) is 0 Å². The van der Waals surface area contributed by atoms with Gasteiger partial charge in [-0.1, -0.05) is 41.7 Å². The molecule has 27 heavy (non-hydrogen) atoms. The minimum Gasteiger partial charge on any atom is -0.237 e. The third-order valence-electron chi connectivity index (χ3n) is 4.31. The highest BCUT2D eigenvalue weighted by Gasteiger charge is 2.19. The molecule has 0 aliphatic heterocycles. The second-order valence-corrected chi connectivity index (χ2v) is 6.98. The highest BCUT2D eigenvalue weighted by Crippen LogP contribution is 2.29. The minimum absolute atomic E-state index is 0.293. The number of halogens is 1. The molecule has 3 aromatic heterocycles. The lowest BCUT2D eigenvalue weighted by Gasteiger charge is -2.04. The highest BCUT2D eigenvalue weighted by atomic mass is 32.1. The van der Waals surface area contributed by atoms with Crippen LogP contribution in [0.2, 0.25) is 0 Å². The number of fused-ring (bicyclic) bond motifs is 1. The predicted molar refractivity (Wildman–Crippen MR) is 101 cm³/mol. The van der Waals surface area contributed by atoms with Crippen molar-refractivity contribution in [2.75, 3.05) is 0 Å². The van der Waals surface area contributed by atoms with Crippen molar-refractivity contribution in [1.29, 1.82) is 0 Å². The molecule has 0 unspecified atom stereocenters. The normalized spacial score (nSPS) is 11.3. The molecule has 3 heterocycles. The van der Waals surface area contributed by atoms with Crippen molar-refractivity contribution in [3.63, 3.8) is 0 Å².